The van der Waals surface area contributed by atoms with E-state index in [4.69, 9.17) is 17.5 Å². The lowest BCUT2D eigenvalue weighted by molar-refractivity contribution is -0.115. The fourth-order valence-corrected chi connectivity index (χ4v) is 3.51. The minimum absolute atomic E-state index is 0.100. The smallest absolute Gasteiger partial charge is 0.237 e. The van der Waals surface area contributed by atoms with Gasteiger partial charge in [0.15, 0.2) is 0 Å². The Morgan fingerprint density at radius 1 is 1.48 bits per heavy atom. The molecule has 0 bridgehead atoms. The summed E-state index contributed by atoms with van der Waals surface area (Å²) in [4.78, 5) is 14.3. The van der Waals surface area contributed by atoms with Crippen LogP contribution in [0.3, 0.4) is 0 Å². The molecule has 0 aliphatic carbocycles. The maximum atomic E-state index is 12.2. The summed E-state index contributed by atoms with van der Waals surface area (Å²) in [7, 11) is 0. The number of likely N-dealkylation sites (tertiary alicyclic amines) is 1. The molecule has 110 valence electrons. The number of benzene rings is 1. The number of thioether (sulfide) groups is 1. The van der Waals surface area contributed by atoms with Crippen molar-refractivity contribution in [3.05, 3.63) is 29.8 Å². The zero-order valence-corrected chi connectivity index (χ0v) is 13.5. The van der Waals surface area contributed by atoms with Crippen molar-refractivity contribution in [1.82, 2.24) is 4.90 Å². The SMILES string of the molecule is C[C@H](SC(=S)N1CCCC1)C(=O)Nc1cccc(C#N)c1. The van der Waals surface area contributed by atoms with E-state index >= 15 is 0 Å². The maximum absolute atomic E-state index is 12.2. The van der Waals surface area contributed by atoms with Crippen LogP contribution in [-0.2, 0) is 4.79 Å². The predicted octanol–water partition coefficient (Wildman–Crippen LogP) is 3.00. The van der Waals surface area contributed by atoms with Crippen LogP contribution in [0.2, 0.25) is 0 Å². The summed E-state index contributed by atoms with van der Waals surface area (Å²) in [6.45, 7) is 3.82. The van der Waals surface area contributed by atoms with Gasteiger partial charge in [-0.25, -0.2) is 0 Å². The van der Waals surface area contributed by atoms with Gasteiger partial charge in [-0.15, -0.1) is 0 Å². The Labute approximate surface area is 134 Å². The Morgan fingerprint density at radius 2 is 2.19 bits per heavy atom. The van der Waals surface area contributed by atoms with E-state index in [0.29, 0.717) is 11.3 Å². The Morgan fingerprint density at radius 3 is 2.86 bits per heavy atom. The fourth-order valence-electron chi connectivity index (χ4n) is 2.09. The molecule has 21 heavy (non-hydrogen) atoms. The number of rotatable bonds is 3. The minimum Gasteiger partial charge on any atom is -0.358 e. The molecule has 0 spiro atoms. The highest BCUT2D eigenvalue weighted by Gasteiger charge is 2.21. The van der Waals surface area contributed by atoms with Crippen LogP contribution in [0, 0.1) is 11.3 Å². The molecule has 6 heteroatoms. The third-order valence-corrected chi connectivity index (χ3v) is 4.84. The first-order valence-corrected chi connectivity index (χ1v) is 8.15. The second kappa shape index (κ2) is 7.43. The molecule has 1 aliphatic heterocycles. The summed E-state index contributed by atoms with van der Waals surface area (Å²) in [6.07, 6.45) is 2.34. The lowest BCUT2D eigenvalue weighted by Gasteiger charge is -2.20. The van der Waals surface area contributed by atoms with Crippen molar-refractivity contribution >= 4 is 39.9 Å². The third-order valence-electron chi connectivity index (χ3n) is 3.27. The molecule has 0 saturated carbocycles. The number of anilines is 1. The molecular weight excluding hydrogens is 302 g/mol. The van der Waals surface area contributed by atoms with Gasteiger partial charge in [-0.2, -0.15) is 5.26 Å². The second-order valence-corrected chi connectivity index (χ2v) is 6.88. The molecule has 1 amide bonds. The van der Waals surface area contributed by atoms with Gasteiger partial charge in [0.25, 0.3) is 0 Å². The summed E-state index contributed by atoms with van der Waals surface area (Å²) in [5.41, 5.74) is 1.17. The molecule has 1 aromatic rings. The van der Waals surface area contributed by atoms with Gasteiger partial charge in [-0.05, 0) is 38.0 Å². The molecule has 0 radical (unpaired) electrons. The van der Waals surface area contributed by atoms with Gasteiger partial charge in [-0.1, -0.05) is 30.0 Å². The van der Waals surface area contributed by atoms with Crippen molar-refractivity contribution in [3.8, 4) is 6.07 Å². The predicted molar refractivity (Wildman–Crippen MR) is 90.2 cm³/mol. The Bertz CT molecular complexity index is 577. The molecule has 2 rings (SSSR count). The van der Waals surface area contributed by atoms with Gasteiger partial charge in [0, 0.05) is 18.8 Å². The largest absolute Gasteiger partial charge is 0.358 e. The van der Waals surface area contributed by atoms with Crippen LogP contribution >= 0.6 is 24.0 Å². The van der Waals surface area contributed by atoms with Crippen molar-refractivity contribution < 1.29 is 4.79 Å². The molecule has 0 unspecified atom stereocenters. The minimum atomic E-state index is -0.260. The molecule has 1 aromatic carbocycles. The normalized spacial score (nSPS) is 15.3. The average Bonchev–Trinajstić information content (AvgIpc) is 3.01. The van der Waals surface area contributed by atoms with Crippen LogP contribution in [0.15, 0.2) is 24.3 Å². The van der Waals surface area contributed by atoms with E-state index in [1.807, 2.05) is 6.92 Å². The number of nitrogens with one attached hydrogen (secondary N) is 1. The Balaban J connectivity index is 1.90. The van der Waals surface area contributed by atoms with E-state index in [9.17, 15) is 4.79 Å². The van der Waals surface area contributed by atoms with E-state index in [0.717, 1.165) is 17.4 Å². The second-order valence-electron chi connectivity index (χ2n) is 4.90. The van der Waals surface area contributed by atoms with Crippen LogP contribution in [0.1, 0.15) is 25.3 Å². The Kier molecular flexibility index (Phi) is 5.59. The van der Waals surface area contributed by atoms with Crippen LogP contribution in [0.5, 0.6) is 0 Å². The number of amides is 1. The van der Waals surface area contributed by atoms with Crippen molar-refractivity contribution in [1.29, 1.82) is 5.26 Å². The van der Waals surface area contributed by atoms with Gasteiger partial charge < -0.3 is 10.2 Å². The zero-order valence-electron chi connectivity index (χ0n) is 11.8. The number of hydrogen-bond donors (Lipinski definition) is 1. The first-order valence-electron chi connectivity index (χ1n) is 6.87. The standard InChI is InChI=1S/C15H17N3OS2/c1-11(21-15(20)18-7-2-3-8-18)14(19)17-13-6-4-5-12(9-13)10-16/h4-6,9,11H,2-3,7-8H2,1H3,(H,17,19)/t11-/m0/s1. The summed E-state index contributed by atoms with van der Waals surface area (Å²) >= 11 is 6.79. The number of nitrogens with zero attached hydrogens (tertiary/aromatic N) is 2. The number of carbonyl (C=O) groups excluding carboxylic acids is 1. The number of carbonyl (C=O) groups is 1. The molecule has 1 fully saturated rings. The van der Waals surface area contributed by atoms with Crippen LogP contribution in [0.25, 0.3) is 0 Å². The molecular formula is C15H17N3OS2. The van der Waals surface area contributed by atoms with Crippen molar-refractivity contribution in [2.24, 2.45) is 0 Å². The van der Waals surface area contributed by atoms with E-state index in [2.05, 4.69) is 16.3 Å². The topological polar surface area (TPSA) is 56.1 Å². The zero-order chi connectivity index (χ0) is 15.2. The van der Waals surface area contributed by atoms with Gasteiger partial charge >= 0.3 is 0 Å². The third kappa shape index (κ3) is 4.45. The van der Waals surface area contributed by atoms with Gasteiger partial charge in [-0.3, -0.25) is 4.79 Å². The van der Waals surface area contributed by atoms with Gasteiger partial charge in [0.1, 0.15) is 4.32 Å². The van der Waals surface area contributed by atoms with E-state index in [1.54, 1.807) is 24.3 Å². The quantitative estimate of drug-likeness (QED) is 0.868. The Hall–Kier alpha value is -1.58. The first kappa shape index (κ1) is 15.8. The molecule has 1 atom stereocenters. The highest BCUT2D eigenvalue weighted by Crippen LogP contribution is 2.21. The highest BCUT2D eigenvalue weighted by molar-refractivity contribution is 8.23. The fraction of sp³-hybridized carbons (Fsp3) is 0.400. The molecule has 1 saturated heterocycles. The summed E-state index contributed by atoms with van der Waals surface area (Å²) < 4.78 is 0.793. The van der Waals surface area contributed by atoms with E-state index in [-0.39, 0.29) is 11.2 Å². The number of hydrogen-bond acceptors (Lipinski definition) is 4. The van der Waals surface area contributed by atoms with Crippen molar-refractivity contribution in [3.63, 3.8) is 0 Å². The molecule has 4 nitrogen and oxygen atoms in total. The number of thiocarbonyl (C=S) groups is 1. The average molecular weight is 319 g/mol. The highest BCUT2D eigenvalue weighted by atomic mass is 32.2. The van der Waals surface area contributed by atoms with Gasteiger partial charge in [0.05, 0.1) is 16.9 Å². The molecule has 1 aliphatic rings. The molecule has 1 heterocycles. The first-order chi connectivity index (χ1) is 10.1. The van der Waals surface area contributed by atoms with Crippen molar-refractivity contribution in [2.45, 2.75) is 25.0 Å². The van der Waals surface area contributed by atoms with Crippen LogP contribution in [0.4, 0.5) is 5.69 Å². The lowest BCUT2D eigenvalue weighted by atomic mass is 10.2. The molecule has 0 aromatic heterocycles. The maximum Gasteiger partial charge on any atom is 0.237 e. The lowest BCUT2D eigenvalue weighted by Crippen LogP contribution is -2.29. The van der Waals surface area contributed by atoms with Crippen molar-refractivity contribution in [2.75, 3.05) is 18.4 Å². The molecule has 1 N–H and O–H groups in total. The summed E-state index contributed by atoms with van der Waals surface area (Å²) in [6, 6.07) is 8.94. The monoisotopic (exact) mass is 319 g/mol. The summed E-state index contributed by atoms with van der Waals surface area (Å²) in [5, 5.41) is 11.4. The van der Waals surface area contributed by atoms with E-state index in [1.165, 1.54) is 24.6 Å². The van der Waals surface area contributed by atoms with E-state index < -0.39 is 0 Å². The van der Waals surface area contributed by atoms with Crippen LogP contribution in [-0.4, -0.2) is 33.5 Å². The summed E-state index contributed by atoms with van der Waals surface area (Å²) in [5.74, 6) is -0.100. The number of nitriles is 1. The van der Waals surface area contributed by atoms with Crippen LogP contribution < -0.4 is 5.32 Å². The van der Waals surface area contributed by atoms with Gasteiger partial charge in [0.2, 0.25) is 5.91 Å².